The van der Waals surface area contributed by atoms with E-state index < -0.39 is 8.50 Å². The van der Waals surface area contributed by atoms with Crippen molar-refractivity contribution in [2.24, 2.45) is 0 Å². The van der Waals surface area contributed by atoms with E-state index in [1.807, 2.05) is 0 Å². The van der Waals surface area contributed by atoms with Gasteiger partial charge in [0.05, 0.1) is 0 Å². The Kier molecular flexibility index (Phi) is 4.31. The van der Waals surface area contributed by atoms with Crippen molar-refractivity contribution in [2.75, 3.05) is 0 Å². The lowest BCUT2D eigenvalue weighted by atomic mass is 10.9. The first-order valence-corrected chi connectivity index (χ1v) is 4.21. The molecule has 0 aliphatic rings. The van der Waals surface area contributed by atoms with Gasteiger partial charge in [0.1, 0.15) is 4.84 Å². The molecule has 5 heteroatoms. The van der Waals surface area contributed by atoms with Gasteiger partial charge >= 0.3 is 0 Å². The minimum Gasteiger partial charge on any atom is -0.120 e. The van der Waals surface area contributed by atoms with E-state index in [9.17, 15) is 0 Å². The van der Waals surface area contributed by atoms with Crippen LogP contribution in [0.1, 0.15) is 0 Å². The van der Waals surface area contributed by atoms with Crippen LogP contribution in [0.25, 0.3) is 0 Å². The van der Waals surface area contributed by atoms with Crippen LogP contribution in [0.3, 0.4) is 0 Å². The molecule has 0 spiro atoms. The summed E-state index contributed by atoms with van der Waals surface area (Å²) in [4.78, 5) is -0.812. The average Bonchev–Trinajstić information content (AvgIpc) is 1.67. The normalized spacial score (nSPS) is 12.8. The van der Waals surface area contributed by atoms with Gasteiger partial charge in [-0.15, -0.1) is 35.0 Å². The van der Waals surface area contributed by atoms with Gasteiger partial charge in [-0.2, -0.15) is 0 Å². The minimum atomic E-state index is -1.18. The Hall–Kier alpha value is 1.51. The van der Waals surface area contributed by atoms with Crippen molar-refractivity contribution in [1.29, 1.82) is 0 Å². The highest BCUT2D eigenvalue weighted by atomic mass is 35.5. The Balaban J connectivity index is 3.71. The molecule has 0 aromatic heterocycles. The van der Waals surface area contributed by atoms with Crippen molar-refractivity contribution >= 4 is 58.2 Å². The third-order valence-corrected chi connectivity index (χ3v) is 3.52. The predicted octanol–water partition coefficient (Wildman–Crippen LogP) is 3.45. The van der Waals surface area contributed by atoms with E-state index in [1.54, 1.807) is 0 Å². The van der Waals surface area contributed by atoms with E-state index in [0.29, 0.717) is 0 Å². The molecule has 0 aliphatic heterocycles. The summed E-state index contributed by atoms with van der Waals surface area (Å²) in [6, 6.07) is 0. The fourth-order valence-corrected chi connectivity index (χ4v) is 0.567. The molecule has 0 amide bonds. The third kappa shape index (κ3) is 2.88. The Bertz CT molecular complexity index is 71.7. The Morgan fingerprint density at radius 1 is 1.38 bits per heavy atom. The van der Waals surface area contributed by atoms with Crippen molar-refractivity contribution in [2.45, 2.75) is 8.50 Å². The average molecular weight is 213 g/mol. The molecule has 0 nitrogen and oxygen atoms in total. The lowest BCUT2D eigenvalue weighted by Crippen LogP contribution is -2.14. The van der Waals surface area contributed by atoms with Crippen LogP contribution in [-0.4, -0.2) is 8.50 Å². The number of hydrogen-bond donors (Lipinski definition) is 0. The predicted molar refractivity (Wildman–Crippen MR) is 42.9 cm³/mol. The van der Waals surface area contributed by atoms with Crippen molar-refractivity contribution < 1.29 is 0 Å². The van der Waals surface area contributed by atoms with Crippen LogP contribution >= 0.6 is 58.2 Å². The standard InChI is InChI=1S/C3H3Cl4S/c1-8-3(6,7)2(4)5/h2H,1H2. The summed E-state index contributed by atoms with van der Waals surface area (Å²) in [7, 11) is 0. The zero-order chi connectivity index (χ0) is 6.78. The second-order valence-electron chi connectivity index (χ2n) is 1.01. The van der Waals surface area contributed by atoms with E-state index in [1.165, 1.54) is 0 Å². The lowest BCUT2D eigenvalue weighted by Gasteiger charge is -2.16. The monoisotopic (exact) mass is 211 g/mol. The zero-order valence-electron chi connectivity index (χ0n) is 3.70. The fourth-order valence-electron chi connectivity index (χ4n) is 0.0630. The maximum atomic E-state index is 5.46. The van der Waals surface area contributed by atoms with Gasteiger partial charge in [-0.1, -0.05) is 23.2 Å². The molecule has 0 aromatic rings. The summed E-state index contributed by atoms with van der Waals surface area (Å²) in [6.07, 6.45) is 3.36. The summed E-state index contributed by atoms with van der Waals surface area (Å²) < 4.78 is -1.18. The minimum absolute atomic E-state index is 0.812. The Morgan fingerprint density at radius 2 is 1.75 bits per heavy atom. The molecule has 0 atom stereocenters. The van der Waals surface area contributed by atoms with Crippen LogP contribution in [0.15, 0.2) is 0 Å². The number of alkyl halides is 4. The van der Waals surface area contributed by atoms with Crippen LogP contribution in [0, 0.1) is 6.26 Å². The van der Waals surface area contributed by atoms with Crippen molar-refractivity contribution in [3.05, 3.63) is 6.26 Å². The maximum absolute atomic E-state index is 5.46. The van der Waals surface area contributed by atoms with Gasteiger partial charge in [0.2, 0.25) is 0 Å². The molecule has 0 N–H and O–H groups in total. The first-order chi connectivity index (χ1) is 3.50. The van der Waals surface area contributed by atoms with Crippen molar-refractivity contribution in [3.8, 4) is 0 Å². The number of hydrogen-bond acceptors (Lipinski definition) is 1. The molecule has 0 heterocycles. The van der Waals surface area contributed by atoms with Gasteiger partial charge in [0, 0.05) is 6.26 Å². The number of thioether (sulfide) groups is 1. The summed E-state index contributed by atoms with van der Waals surface area (Å²) in [6.45, 7) is 0. The van der Waals surface area contributed by atoms with Crippen molar-refractivity contribution in [3.63, 3.8) is 0 Å². The Labute approximate surface area is 72.8 Å². The highest BCUT2D eigenvalue weighted by molar-refractivity contribution is 8.04. The molecular weight excluding hydrogens is 210 g/mol. The number of rotatable bonds is 2. The van der Waals surface area contributed by atoms with Crippen LogP contribution in [-0.2, 0) is 0 Å². The van der Waals surface area contributed by atoms with Crippen LogP contribution < -0.4 is 0 Å². The van der Waals surface area contributed by atoms with Gasteiger partial charge in [-0.05, 0) is 0 Å². The summed E-state index contributed by atoms with van der Waals surface area (Å²) in [5, 5.41) is 0. The topological polar surface area (TPSA) is 0 Å². The second-order valence-corrected chi connectivity index (χ2v) is 4.87. The summed E-state index contributed by atoms with van der Waals surface area (Å²) >= 11 is 22.5. The molecular formula is C3H3Cl4S. The molecule has 0 unspecified atom stereocenters. The van der Waals surface area contributed by atoms with E-state index >= 15 is 0 Å². The van der Waals surface area contributed by atoms with Gasteiger partial charge in [-0.3, -0.25) is 0 Å². The molecule has 0 bridgehead atoms. The lowest BCUT2D eigenvalue weighted by molar-refractivity contribution is 1.21. The molecule has 1 radical (unpaired) electrons. The molecule has 49 valence electrons. The van der Waals surface area contributed by atoms with Gasteiger partial charge in [0.15, 0.2) is 3.67 Å². The van der Waals surface area contributed by atoms with Crippen LogP contribution in [0.2, 0.25) is 0 Å². The van der Waals surface area contributed by atoms with Gasteiger partial charge in [0.25, 0.3) is 0 Å². The molecule has 0 saturated heterocycles. The Morgan fingerprint density at radius 3 is 1.75 bits per heavy atom. The second kappa shape index (κ2) is 3.62. The van der Waals surface area contributed by atoms with E-state index in [2.05, 4.69) is 6.26 Å². The molecule has 0 fully saturated rings. The summed E-state index contributed by atoms with van der Waals surface area (Å²) in [5.74, 6) is 0. The van der Waals surface area contributed by atoms with E-state index in [-0.39, 0.29) is 0 Å². The van der Waals surface area contributed by atoms with Gasteiger partial charge < -0.3 is 0 Å². The number of halogens is 4. The molecule has 8 heavy (non-hydrogen) atoms. The maximum Gasteiger partial charge on any atom is 0.193 e. The van der Waals surface area contributed by atoms with Crippen LogP contribution in [0.4, 0.5) is 0 Å². The van der Waals surface area contributed by atoms with E-state index in [4.69, 9.17) is 46.4 Å². The van der Waals surface area contributed by atoms with Crippen molar-refractivity contribution in [1.82, 2.24) is 0 Å². The molecule has 0 aliphatic carbocycles. The largest absolute Gasteiger partial charge is 0.193 e. The quantitative estimate of drug-likeness (QED) is 0.633. The fraction of sp³-hybridized carbons (Fsp3) is 0.667. The molecule has 0 rings (SSSR count). The van der Waals surface area contributed by atoms with Crippen LogP contribution in [0.5, 0.6) is 0 Å². The van der Waals surface area contributed by atoms with E-state index in [0.717, 1.165) is 11.8 Å². The first kappa shape index (κ1) is 9.51. The molecule has 0 aromatic carbocycles. The highest BCUT2D eigenvalue weighted by Crippen LogP contribution is 2.41. The molecule has 0 saturated carbocycles. The third-order valence-electron chi connectivity index (χ3n) is 0.446. The SMILES string of the molecule is [CH2]SC(Cl)(Cl)C(Cl)Cl. The van der Waals surface area contributed by atoms with Gasteiger partial charge in [-0.25, -0.2) is 0 Å². The first-order valence-electron chi connectivity index (χ1n) is 1.60. The highest BCUT2D eigenvalue weighted by Gasteiger charge is 2.30. The summed E-state index contributed by atoms with van der Waals surface area (Å²) in [5.41, 5.74) is 0. The zero-order valence-corrected chi connectivity index (χ0v) is 7.54. The smallest absolute Gasteiger partial charge is 0.120 e.